The molecule has 0 saturated heterocycles. The Morgan fingerprint density at radius 1 is 1.67 bits per heavy atom. The van der Waals surface area contributed by atoms with E-state index in [0.29, 0.717) is 12.1 Å². The molecule has 0 spiro atoms. The third-order valence-corrected chi connectivity index (χ3v) is 1.90. The zero-order valence-electron chi connectivity index (χ0n) is 8.40. The summed E-state index contributed by atoms with van der Waals surface area (Å²) in [6.07, 6.45) is 0. The van der Waals surface area contributed by atoms with E-state index < -0.39 is 0 Å². The molecular formula is C11H12N2O2. The topological polar surface area (TPSA) is 73.1 Å². The first-order valence-corrected chi connectivity index (χ1v) is 4.60. The first kappa shape index (κ1) is 11.1. The minimum atomic E-state index is -0.284. The summed E-state index contributed by atoms with van der Waals surface area (Å²) < 4.78 is 0. The standard InChI is InChI=1S/C11H12N2O2/c1-8(6-12)7-13-11(15)9-3-2-4-10(14)5-9/h2-5,8,14H,7H2,1H3,(H,13,15). The number of carbonyl (C=O) groups excluding carboxylic acids is 1. The third-order valence-electron chi connectivity index (χ3n) is 1.90. The van der Waals surface area contributed by atoms with Gasteiger partial charge in [0.2, 0.25) is 0 Å². The second-order valence-electron chi connectivity index (χ2n) is 3.29. The highest BCUT2D eigenvalue weighted by Crippen LogP contribution is 2.10. The van der Waals surface area contributed by atoms with Gasteiger partial charge < -0.3 is 10.4 Å². The maximum atomic E-state index is 11.5. The van der Waals surface area contributed by atoms with E-state index in [0.717, 1.165) is 0 Å². The molecule has 0 aliphatic rings. The van der Waals surface area contributed by atoms with Gasteiger partial charge in [-0.25, -0.2) is 0 Å². The van der Waals surface area contributed by atoms with Crippen molar-refractivity contribution in [1.29, 1.82) is 5.26 Å². The van der Waals surface area contributed by atoms with Crippen LogP contribution in [0.15, 0.2) is 24.3 Å². The molecule has 1 atom stereocenters. The molecule has 0 aliphatic heterocycles. The summed E-state index contributed by atoms with van der Waals surface area (Å²) in [5, 5.41) is 20.3. The average molecular weight is 204 g/mol. The molecule has 1 aromatic rings. The van der Waals surface area contributed by atoms with Crippen LogP contribution in [0.25, 0.3) is 0 Å². The largest absolute Gasteiger partial charge is 0.508 e. The van der Waals surface area contributed by atoms with Crippen LogP contribution in [0.1, 0.15) is 17.3 Å². The van der Waals surface area contributed by atoms with Crippen LogP contribution in [0.5, 0.6) is 5.75 Å². The van der Waals surface area contributed by atoms with Gasteiger partial charge >= 0.3 is 0 Å². The summed E-state index contributed by atoms with van der Waals surface area (Å²) in [7, 11) is 0. The predicted octanol–water partition coefficient (Wildman–Crippen LogP) is 1.28. The van der Waals surface area contributed by atoms with Gasteiger partial charge in [-0.2, -0.15) is 5.26 Å². The van der Waals surface area contributed by atoms with E-state index >= 15 is 0 Å². The summed E-state index contributed by atoms with van der Waals surface area (Å²) in [4.78, 5) is 11.5. The summed E-state index contributed by atoms with van der Waals surface area (Å²) in [5.74, 6) is -0.449. The van der Waals surface area contributed by atoms with Crippen LogP contribution in [-0.4, -0.2) is 17.6 Å². The zero-order valence-corrected chi connectivity index (χ0v) is 8.40. The SMILES string of the molecule is CC(C#N)CNC(=O)c1cccc(O)c1. The lowest BCUT2D eigenvalue weighted by Crippen LogP contribution is -2.27. The van der Waals surface area contributed by atoms with E-state index in [9.17, 15) is 4.79 Å². The molecule has 0 aliphatic carbocycles. The fraction of sp³-hybridized carbons (Fsp3) is 0.273. The van der Waals surface area contributed by atoms with E-state index in [-0.39, 0.29) is 17.6 Å². The Hall–Kier alpha value is -2.02. The van der Waals surface area contributed by atoms with E-state index in [2.05, 4.69) is 5.32 Å². The lowest BCUT2D eigenvalue weighted by molar-refractivity contribution is 0.0950. The molecular weight excluding hydrogens is 192 g/mol. The minimum absolute atomic E-state index is 0.0518. The Balaban J connectivity index is 2.59. The number of carbonyl (C=O) groups is 1. The van der Waals surface area contributed by atoms with Crippen molar-refractivity contribution in [1.82, 2.24) is 5.32 Å². The highest BCUT2D eigenvalue weighted by molar-refractivity contribution is 5.94. The van der Waals surface area contributed by atoms with Crippen LogP contribution in [0.2, 0.25) is 0 Å². The number of rotatable bonds is 3. The van der Waals surface area contributed by atoms with E-state index in [1.807, 2.05) is 6.07 Å². The summed E-state index contributed by atoms with van der Waals surface area (Å²) in [6.45, 7) is 2.04. The van der Waals surface area contributed by atoms with Crippen molar-refractivity contribution in [3.63, 3.8) is 0 Å². The highest BCUT2D eigenvalue weighted by Gasteiger charge is 2.07. The molecule has 4 heteroatoms. The molecule has 4 nitrogen and oxygen atoms in total. The average Bonchev–Trinajstić information content (AvgIpc) is 2.25. The zero-order chi connectivity index (χ0) is 11.3. The molecule has 0 bridgehead atoms. The summed E-state index contributed by atoms with van der Waals surface area (Å²) >= 11 is 0. The van der Waals surface area contributed by atoms with Crippen molar-refractivity contribution in [2.24, 2.45) is 5.92 Å². The number of hydrogen-bond acceptors (Lipinski definition) is 3. The molecule has 1 unspecified atom stereocenters. The number of nitriles is 1. The van der Waals surface area contributed by atoms with Gasteiger partial charge in [-0.3, -0.25) is 4.79 Å². The molecule has 0 heterocycles. The van der Waals surface area contributed by atoms with Crippen LogP contribution in [0.3, 0.4) is 0 Å². The van der Waals surface area contributed by atoms with Crippen molar-refractivity contribution in [2.75, 3.05) is 6.54 Å². The Labute approximate surface area is 88.2 Å². The predicted molar refractivity (Wildman–Crippen MR) is 55.2 cm³/mol. The fourth-order valence-corrected chi connectivity index (χ4v) is 1.04. The molecule has 0 aromatic heterocycles. The maximum absolute atomic E-state index is 11.5. The molecule has 1 amide bonds. The molecule has 0 saturated carbocycles. The van der Waals surface area contributed by atoms with E-state index in [1.54, 1.807) is 19.1 Å². The second kappa shape index (κ2) is 5.01. The number of nitrogens with one attached hydrogen (secondary N) is 1. The normalized spacial score (nSPS) is 11.5. The van der Waals surface area contributed by atoms with Crippen molar-refractivity contribution in [3.05, 3.63) is 29.8 Å². The minimum Gasteiger partial charge on any atom is -0.508 e. The Kier molecular flexibility index (Phi) is 3.69. The van der Waals surface area contributed by atoms with Crippen molar-refractivity contribution < 1.29 is 9.90 Å². The van der Waals surface area contributed by atoms with Crippen LogP contribution >= 0.6 is 0 Å². The van der Waals surface area contributed by atoms with Gasteiger partial charge in [-0.1, -0.05) is 6.07 Å². The summed E-state index contributed by atoms with van der Waals surface area (Å²) in [6, 6.07) is 8.09. The van der Waals surface area contributed by atoms with Crippen LogP contribution in [0.4, 0.5) is 0 Å². The van der Waals surface area contributed by atoms with Gasteiger partial charge in [-0.15, -0.1) is 0 Å². The molecule has 78 valence electrons. The maximum Gasteiger partial charge on any atom is 0.251 e. The lowest BCUT2D eigenvalue weighted by atomic mass is 10.2. The summed E-state index contributed by atoms with van der Waals surface area (Å²) in [5.41, 5.74) is 0.389. The second-order valence-corrected chi connectivity index (χ2v) is 3.29. The van der Waals surface area contributed by atoms with Crippen molar-refractivity contribution in [2.45, 2.75) is 6.92 Å². The van der Waals surface area contributed by atoms with Gasteiger partial charge in [0.15, 0.2) is 0 Å². The Morgan fingerprint density at radius 2 is 2.40 bits per heavy atom. The molecule has 1 rings (SSSR count). The van der Waals surface area contributed by atoms with Crippen LogP contribution < -0.4 is 5.32 Å². The Bertz CT molecular complexity index is 396. The first-order valence-electron chi connectivity index (χ1n) is 4.60. The van der Waals surface area contributed by atoms with Crippen LogP contribution in [-0.2, 0) is 0 Å². The molecule has 1 aromatic carbocycles. The van der Waals surface area contributed by atoms with Gasteiger partial charge in [0, 0.05) is 12.1 Å². The number of hydrogen-bond donors (Lipinski definition) is 2. The monoisotopic (exact) mass is 204 g/mol. The van der Waals surface area contributed by atoms with E-state index in [1.165, 1.54) is 12.1 Å². The highest BCUT2D eigenvalue weighted by atomic mass is 16.3. The number of aromatic hydroxyl groups is 1. The van der Waals surface area contributed by atoms with Gasteiger partial charge in [0.05, 0.1) is 12.0 Å². The quantitative estimate of drug-likeness (QED) is 0.779. The number of phenols is 1. The van der Waals surface area contributed by atoms with Crippen molar-refractivity contribution >= 4 is 5.91 Å². The van der Waals surface area contributed by atoms with Crippen LogP contribution in [0, 0.1) is 17.2 Å². The van der Waals surface area contributed by atoms with Crippen molar-refractivity contribution in [3.8, 4) is 11.8 Å². The van der Waals surface area contributed by atoms with E-state index in [4.69, 9.17) is 10.4 Å². The third kappa shape index (κ3) is 3.31. The Morgan fingerprint density at radius 3 is 3.00 bits per heavy atom. The molecule has 0 radical (unpaired) electrons. The molecule has 15 heavy (non-hydrogen) atoms. The van der Waals surface area contributed by atoms with Gasteiger partial charge in [0.1, 0.15) is 5.75 Å². The molecule has 2 N–H and O–H groups in total. The lowest BCUT2D eigenvalue weighted by Gasteiger charge is -2.06. The number of amides is 1. The molecule has 0 fully saturated rings. The number of benzene rings is 1. The smallest absolute Gasteiger partial charge is 0.251 e. The first-order chi connectivity index (χ1) is 7.13. The fourth-order valence-electron chi connectivity index (χ4n) is 1.04. The van der Waals surface area contributed by atoms with Gasteiger partial charge in [-0.05, 0) is 25.1 Å². The van der Waals surface area contributed by atoms with Gasteiger partial charge in [0.25, 0.3) is 5.91 Å². The number of nitrogens with zero attached hydrogens (tertiary/aromatic N) is 1. The number of phenolic OH excluding ortho intramolecular Hbond substituents is 1.